The summed E-state index contributed by atoms with van der Waals surface area (Å²) in [6.07, 6.45) is 1.59. The highest BCUT2D eigenvalue weighted by Gasteiger charge is 2.13. The molecular formula is C18H20ClFO. The van der Waals surface area contributed by atoms with E-state index in [4.69, 9.17) is 16.3 Å². The zero-order valence-corrected chi connectivity index (χ0v) is 13.2. The summed E-state index contributed by atoms with van der Waals surface area (Å²) in [5, 5.41) is 0. The molecule has 0 aliphatic carbocycles. The van der Waals surface area contributed by atoms with Crippen LogP contribution in [0.15, 0.2) is 42.5 Å². The number of methoxy groups -OCH3 is 1. The molecule has 0 heterocycles. The molecule has 1 atom stereocenters. The maximum absolute atomic E-state index is 13.3. The highest BCUT2D eigenvalue weighted by atomic mass is 35.5. The lowest BCUT2D eigenvalue weighted by atomic mass is 9.93. The smallest absolute Gasteiger partial charge is 0.123 e. The molecule has 0 amide bonds. The first-order chi connectivity index (χ1) is 10.1. The van der Waals surface area contributed by atoms with E-state index in [-0.39, 0.29) is 11.7 Å². The quantitative estimate of drug-likeness (QED) is 0.698. The van der Waals surface area contributed by atoms with E-state index in [0.717, 1.165) is 29.7 Å². The van der Waals surface area contributed by atoms with Gasteiger partial charge in [0.2, 0.25) is 0 Å². The molecule has 0 aromatic heterocycles. The lowest BCUT2D eigenvalue weighted by molar-refractivity contribution is 0.405. The Labute approximate surface area is 130 Å². The number of aryl methyl sites for hydroxylation is 1. The van der Waals surface area contributed by atoms with Crippen molar-refractivity contribution in [3.8, 4) is 5.75 Å². The molecule has 0 fully saturated rings. The van der Waals surface area contributed by atoms with Gasteiger partial charge in [0, 0.05) is 5.88 Å². The van der Waals surface area contributed by atoms with Crippen molar-refractivity contribution in [2.45, 2.75) is 19.8 Å². The van der Waals surface area contributed by atoms with Gasteiger partial charge >= 0.3 is 0 Å². The minimum atomic E-state index is -0.200. The van der Waals surface area contributed by atoms with Crippen molar-refractivity contribution >= 4 is 11.6 Å². The standard InChI is InChI=1S/C18H20ClFO/c1-13-6-7-18(21-2)16(8-13)10-15(12-19)9-14-4-3-5-17(20)11-14/h3-8,11,15H,9-10,12H2,1-2H3. The van der Waals surface area contributed by atoms with Crippen LogP contribution in [0.3, 0.4) is 0 Å². The van der Waals surface area contributed by atoms with E-state index in [2.05, 4.69) is 13.0 Å². The Hall–Kier alpha value is -1.54. The van der Waals surface area contributed by atoms with Crippen LogP contribution < -0.4 is 4.74 Å². The lowest BCUT2D eigenvalue weighted by Gasteiger charge is -2.17. The third-order valence-electron chi connectivity index (χ3n) is 3.58. The molecular weight excluding hydrogens is 287 g/mol. The lowest BCUT2D eigenvalue weighted by Crippen LogP contribution is -2.11. The first-order valence-corrected chi connectivity index (χ1v) is 7.59. The van der Waals surface area contributed by atoms with E-state index in [0.29, 0.717) is 5.88 Å². The molecule has 112 valence electrons. The second kappa shape index (κ2) is 7.46. The summed E-state index contributed by atoms with van der Waals surface area (Å²) in [6, 6.07) is 12.9. The first-order valence-electron chi connectivity index (χ1n) is 7.06. The third kappa shape index (κ3) is 4.47. The minimum absolute atomic E-state index is 0.200. The Morgan fingerprint density at radius 1 is 1.14 bits per heavy atom. The summed E-state index contributed by atoms with van der Waals surface area (Å²) >= 11 is 6.11. The van der Waals surface area contributed by atoms with E-state index >= 15 is 0 Å². The molecule has 1 unspecified atom stereocenters. The van der Waals surface area contributed by atoms with Crippen molar-refractivity contribution in [2.75, 3.05) is 13.0 Å². The number of hydrogen-bond donors (Lipinski definition) is 0. The predicted molar refractivity (Wildman–Crippen MR) is 85.7 cm³/mol. The molecule has 0 bridgehead atoms. The highest BCUT2D eigenvalue weighted by Crippen LogP contribution is 2.25. The SMILES string of the molecule is COc1ccc(C)cc1CC(CCl)Cc1cccc(F)c1. The molecule has 2 aromatic rings. The van der Waals surface area contributed by atoms with Crippen LogP contribution in [0.2, 0.25) is 0 Å². The van der Waals surface area contributed by atoms with E-state index < -0.39 is 0 Å². The summed E-state index contributed by atoms with van der Waals surface area (Å²) in [4.78, 5) is 0. The molecule has 0 spiro atoms. The van der Waals surface area contributed by atoms with Gasteiger partial charge in [-0.15, -0.1) is 11.6 Å². The average Bonchev–Trinajstić information content (AvgIpc) is 2.47. The van der Waals surface area contributed by atoms with Crippen LogP contribution in [-0.2, 0) is 12.8 Å². The molecule has 0 saturated carbocycles. The van der Waals surface area contributed by atoms with Crippen molar-refractivity contribution in [2.24, 2.45) is 5.92 Å². The number of ether oxygens (including phenoxy) is 1. The van der Waals surface area contributed by atoms with Gasteiger partial charge in [0.15, 0.2) is 0 Å². The van der Waals surface area contributed by atoms with Crippen molar-refractivity contribution < 1.29 is 9.13 Å². The normalized spacial score (nSPS) is 12.2. The topological polar surface area (TPSA) is 9.23 Å². The summed E-state index contributed by atoms with van der Waals surface area (Å²) in [5.74, 6) is 1.47. The summed E-state index contributed by atoms with van der Waals surface area (Å²) < 4.78 is 18.7. The molecule has 0 aliphatic rings. The van der Waals surface area contributed by atoms with Gasteiger partial charge in [-0.3, -0.25) is 0 Å². The van der Waals surface area contributed by atoms with Crippen LogP contribution in [0.1, 0.15) is 16.7 Å². The number of halogens is 2. The van der Waals surface area contributed by atoms with Crippen LogP contribution in [-0.4, -0.2) is 13.0 Å². The fourth-order valence-electron chi connectivity index (χ4n) is 2.56. The van der Waals surface area contributed by atoms with Gasteiger partial charge in [0.05, 0.1) is 7.11 Å². The minimum Gasteiger partial charge on any atom is -0.496 e. The Balaban J connectivity index is 2.14. The monoisotopic (exact) mass is 306 g/mol. The van der Waals surface area contributed by atoms with Crippen LogP contribution in [0.25, 0.3) is 0 Å². The molecule has 0 aliphatic heterocycles. The summed E-state index contributed by atoms with van der Waals surface area (Å²) in [5.41, 5.74) is 3.33. The van der Waals surface area contributed by atoms with Gasteiger partial charge in [-0.2, -0.15) is 0 Å². The molecule has 2 aromatic carbocycles. The summed E-state index contributed by atoms with van der Waals surface area (Å²) in [6.45, 7) is 2.06. The predicted octanol–water partition coefficient (Wildman–Crippen LogP) is 4.78. The Morgan fingerprint density at radius 2 is 1.95 bits per heavy atom. The van der Waals surface area contributed by atoms with Gasteiger partial charge < -0.3 is 4.74 Å². The second-order valence-electron chi connectivity index (χ2n) is 5.37. The number of alkyl halides is 1. The maximum Gasteiger partial charge on any atom is 0.123 e. The average molecular weight is 307 g/mol. The van der Waals surface area contributed by atoms with Crippen molar-refractivity contribution in [1.29, 1.82) is 0 Å². The van der Waals surface area contributed by atoms with Gasteiger partial charge in [-0.1, -0.05) is 29.8 Å². The van der Waals surface area contributed by atoms with Crippen LogP contribution in [0.5, 0.6) is 5.75 Å². The Bertz CT molecular complexity index is 598. The van der Waals surface area contributed by atoms with Crippen molar-refractivity contribution in [3.05, 3.63) is 65.0 Å². The van der Waals surface area contributed by atoms with Gasteiger partial charge in [-0.05, 0) is 55.0 Å². The van der Waals surface area contributed by atoms with Crippen LogP contribution in [0, 0.1) is 18.7 Å². The second-order valence-corrected chi connectivity index (χ2v) is 5.68. The van der Waals surface area contributed by atoms with E-state index in [9.17, 15) is 4.39 Å². The molecule has 3 heteroatoms. The Morgan fingerprint density at radius 3 is 2.62 bits per heavy atom. The molecule has 1 nitrogen and oxygen atoms in total. The summed E-state index contributed by atoms with van der Waals surface area (Å²) in [7, 11) is 1.68. The fourth-order valence-corrected chi connectivity index (χ4v) is 2.77. The number of hydrogen-bond acceptors (Lipinski definition) is 1. The Kier molecular flexibility index (Phi) is 5.63. The maximum atomic E-state index is 13.3. The van der Waals surface area contributed by atoms with Gasteiger partial charge in [0.1, 0.15) is 11.6 Å². The van der Waals surface area contributed by atoms with Crippen LogP contribution in [0.4, 0.5) is 4.39 Å². The van der Waals surface area contributed by atoms with E-state index in [1.807, 2.05) is 18.2 Å². The molecule has 0 saturated heterocycles. The molecule has 0 radical (unpaired) electrons. The fraction of sp³-hybridized carbons (Fsp3) is 0.333. The van der Waals surface area contributed by atoms with Gasteiger partial charge in [-0.25, -0.2) is 4.39 Å². The molecule has 2 rings (SSSR count). The number of benzene rings is 2. The van der Waals surface area contributed by atoms with Gasteiger partial charge in [0.25, 0.3) is 0 Å². The first kappa shape index (κ1) is 15.8. The van der Waals surface area contributed by atoms with E-state index in [1.165, 1.54) is 11.6 Å². The highest BCUT2D eigenvalue weighted by molar-refractivity contribution is 6.18. The molecule has 0 N–H and O–H groups in total. The zero-order chi connectivity index (χ0) is 15.2. The third-order valence-corrected chi connectivity index (χ3v) is 4.01. The van der Waals surface area contributed by atoms with Crippen molar-refractivity contribution in [1.82, 2.24) is 0 Å². The van der Waals surface area contributed by atoms with E-state index in [1.54, 1.807) is 19.2 Å². The van der Waals surface area contributed by atoms with Crippen LogP contribution >= 0.6 is 11.6 Å². The largest absolute Gasteiger partial charge is 0.496 e. The molecule has 21 heavy (non-hydrogen) atoms. The zero-order valence-electron chi connectivity index (χ0n) is 12.4. The van der Waals surface area contributed by atoms with Crippen molar-refractivity contribution in [3.63, 3.8) is 0 Å². The number of rotatable bonds is 6.